The Labute approximate surface area is 128 Å². The van der Waals surface area contributed by atoms with Crippen molar-refractivity contribution in [1.82, 2.24) is 0 Å². The molecule has 18 heavy (non-hydrogen) atoms. The van der Waals surface area contributed by atoms with E-state index >= 15 is 0 Å². The van der Waals surface area contributed by atoms with Gasteiger partial charge in [0.15, 0.2) is 0 Å². The normalized spacial score (nSPS) is 16.2. The lowest BCUT2D eigenvalue weighted by Gasteiger charge is -2.15. The van der Waals surface area contributed by atoms with Gasteiger partial charge in [-0.05, 0) is 40.9 Å². The fourth-order valence-corrected chi connectivity index (χ4v) is 2.69. The molecule has 0 aliphatic heterocycles. The number of amides is 1. The fraction of sp³-hybridized carbons (Fsp3) is 0.273. The third-order valence-corrected chi connectivity index (χ3v) is 5.10. The van der Waals surface area contributed by atoms with Gasteiger partial charge in [-0.15, -0.1) is 0 Å². The number of carbonyl (C=O) groups is 1. The Kier molecular flexibility index (Phi) is 3.88. The molecule has 1 aromatic rings. The van der Waals surface area contributed by atoms with Crippen LogP contribution in [0.25, 0.3) is 0 Å². The molecule has 0 atom stereocenters. The molecule has 3 N–H and O–H groups in total. The van der Waals surface area contributed by atoms with Crippen LogP contribution in [0.3, 0.4) is 0 Å². The third-order valence-electron chi connectivity index (χ3n) is 2.94. The first kappa shape index (κ1) is 14.1. The molecule has 1 fully saturated rings. The number of halogens is 3. The molecule has 3 nitrogen and oxygen atoms in total. The molecule has 0 bridgehead atoms. The molecule has 1 saturated carbocycles. The van der Waals surface area contributed by atoms with Gasteiger partial charge in [0.25, 0.3) is 0 Å². The average molecular weight is 368 g/mol. The van der Waals surface area contributed by atoms with E-state index in [-0.39, 0.29) is 15.9 Å². The fourth-order valence-electron chi connectivity index (χ4n) is 1.57. The van der Waals surface area contributed by atoms with Crippen LogP contribution in [0, 0.1) is 5.41 Å². The second kappa shape index (κ2) is 4.96. The first-order valence-electron chi connectivity index (χ1n) is 5.13. The summed E-state index contributed by atoms with van der Waals surface area (Å²) in [5.74, 6) is -0.227. The number of rotatable bonds is 3. The van der Waals surface area contributed by atoms with Gasteiger partial charge >= 0.3 is 0 Å². The van der Waals surface area contributed by atoms with Crippen molar-refractivity contribution in [3.8, 4) is 0 Å². The Bertz CT molecular complexity index is 546. The average Bonchev–Trinajstić information content (AvgIpc) is 3.11. The van der Waals surface area contributed by atoms with Crippen LogP contribution < -0.4 is 11.1 Å². The van der Waals surface area contributed by atoms with Crippen LogP contribution >= 0.6 is 51.3 Å². The van der Waals surface area contributed by atoms with Crippen molar-refractivity contribution in [3.63, 3.8) is 0 Å². The summed E-state index contributed by atoms with van der Waals surface area (Å²) in [5.41, 5.74) is 5.33. The summed E-state index contributed by atoms with van der Waals surface area (Å²) in [6, 6.07) is 3.38. The van der Waals surface area contributed by atoms with Crippen molar-refractivity contribution >= 4 is 67.9 Å². The minimum Gasteiger partial charge on any atom is -0.392 e. The Morgan fingerprint density at radius 2 is 2.00 bits per heavy atom. The number of thiocarbonyl (C=S) groups is 1. The number of carbonyl (C=O) groups excluding carboxylic acids is 1. The lowest BCUT2D eigenvalue weighted by Crippen LogP contribution is -2.35. The van der Waals surface area contributed by atoms with E-state index in [0.29, 0.717) is 28.0 Å². The molecule has 0 spiro atoms. The van der Waals surface area contributed by atoms with Gasteiger partial charge < -0.3 is 11.1 Å². The van der Waals surface area contributed by atoms with Crippen LogP contribution in [0.1, 0.15) is 12.8 Å². The number of hydrogen-bond acceptors (Lipinski definition) is 2. The van der Waals surface area contributed by atoms with Crippen LogP contribution in [-0.2, 0) is 4.79 Å². The van der Waals surface area contributed by atoms with E-state index in [1.807, 2.05) is 0 Å². The van der Waals surface area contributed by atoms with Crippen molar-refractivity contribution < 1.29 is 4.79 Å². The molecular weight excluding hydrogens is 359 g/mol. The van der Waals surface area contributed by atoms with Crippen LogP contribution in [0.5, 0.6) is 0 Å². The van der Waals surface area contributed by atoms with Gasteiger partial charge in [0.05, 0.1) is 26.1 Å². The van der Waals surface area contributed by atoms with Gasteiger partial charge in [0.2, 0.25) is 5.91 Å². The molecule has 0 unspecified atom stereocenters. The summed E-state index contributed by atoms with van der Waals surface area (Å²) in [6.45, 7) is 0. The first-order valence-corrected chi connectivity index (χ1v) is 7.09. The first-order chi connectivity index (χ1) is 8.38. The largest absolute Gasteiger partial charge is 0.392 e. The quantitative estimate of drug-likeness (QED) is 0.631. The Morgan fingerprint density at radius 1 is 1.39 bits per heavy atom. The molecule has 96 valence electrons. The molecule has 0 radical (unpaired) electrons. The standard InChI is InChI=1S/C11H9BrCl2N2OS/c12-5-1-2-6(8(14)7(5)13)16-10(17)11(3-4-11)9(15)18/h1-2H,3-4H2,(H2,15,18)(H,16,17). The third kappa shape index (κ3) is 2.37. The molecule has 2 rings (SSSR count). The maximum atomic E-state index is 12.1. The van der Waals surface area contributed by atoms with Crippen LogP contribution in [0.15, 0.2) is 16.6 Å². The monoisotopic (exact) mass is 366 g/mol. The molecule has 1 amide bonds. The number of nitrogens with one attached hydrogen (secondary N) is 1. The van der Waals surface area contributed by atoms with Gasteiger partial charge in [-0.3, -0.25) is 4.79 Å². The maximum absolute atomic E-state index is 12.1. The Balaban J connectivity index is 2.23. The van der Waals surface area contributed by atoms with E-state index in [0.717, 1.165) is 0 Å². The summed E-state index contributed by atoms with van der Waals surface area (Å²) in [7, 11) is 0. The van der Waals surface area contributed by atoms with E-state index in [4.69, 9.17) is 41.2 Å². The molecule has 0 heterocycles. The number of hydrogen-bond donors (Lipinski definition) is 2. The van der Waals surface area contributed by atoms with E-state index in [9.17, 15) is 4.79 Å². The zero-order valence-electron chi connectivity index (χ0n) is 9.10. The highest BCUT2D eigenvalue weighted by Gasteiger charge is 2.52. The van der Waals surface area contributed by atoms with Gasteiger partial charge in [-0.2, -0.15) is 0 Å². The summed E-state index contributed by atoms with van der Waals surface area (Å²) in [6.07, 6.45) is 1.35. The molecule has 0 saturated heterocycles. The predicted octanol–water partition coefficient (Wildman–Crippen LogP) is 3.76. The number of anilines is 1. The zero-order valence-corrected chi connectivity index (χ0v) is 13.0. The van der Waals surface area contributed by atoms with Crippen LogP contribution in [-0.4, -0.2) is 10.9 Å². The second-order valence-corrected chi connectivity index (χ2v) is 6.17. The maximum Gasteiger partial charge on any atom is 0.237 e. The highest BCUT2D eigenvalue weighted by atomic mass is 79.9. The Hall–Kier alpha value is -0.360. The van der Waals surface area contributed by atoms with Gasteiger partial charge in [-0.25, -0.2) is 0 Å². The van der Waals surface area contributed by atoms with E-state index in [1.165, 1.54) is 0 Å². The lowest BCUT2D eigenvalue weighted by molar-refractivity contribution is -0.118. The number of benzene rings is 1. The predicted molar refractivity (Wildman–Crippen MR) is 81.2 cm³/mol. The van der Waals surface area contributed by atoms with Crippen molar-refractivity contribution in [2.45, 2.75) is 12.8 Å². The van der Waals surface area contributed by atoms with Crippen molar-refractivity contribution in [1.29, 1.82) is 0 Å². The molecular formula is C11H9BrCl2N2OS. The smallest absolute Gasteiger partial charge is 0.237 e. The van der Waals surface area contributed by atoms with Crippen molar-refractivity contribution in [2.75, 3.05) is 5.32 Å². The van der Waals surface area contributed by atoms with Gasteiger partial charge in [0, 0.05) is 4.47 Å². The molecule has 7 heteroatoms. The van der Waals surface area contributed by atoms with Crippen molar-refractivity contribution in [3.05, 3.63) is 26.7 Å². The minimum absolute atomic E-state index is 0.222. The van der Waals surface area contributed by atoms with E-state index in [1.54, 1.807) is 12.1 Å². The lowest BCUT2D eigenvalue weighted by atomic mass is 10.1. The molecule has 1 aromatic carbocycles. The highest BCUT2D eigenvalue weighted by Crippen LogP contribution is 2.47. The topological polar surface area (TPSA) is 55.1 Å². The van der Waals surface area contributed by atoms with Gasteiger partial charge in [-0.1, -0.05) is 35.4 Å². The number of nitrogens with two attached hydrogens (primary N) is 1. The minimum atomic E-state index is -0.710. The molecule has 1 aliphatic rings. The molecule has 1 aliphatic carbocycles. The van der Waals surface area contributed by atoms with Crippen molar-refractivity contribution in [2.24, 2.45) is 11.1 Å². The second-order valence-electron chi connectivity index (χ2n) is 4.12. The van der Waals surface area contributed by atoms with E-state index in [2.05, 4.69) is 21.2 Å². The van der Waals surface area contributed by atoms with E-state index < -0.39 is 5.41 Å². The summed E-state index contributed by atoms with van der Waals surface area (Å²) >= 11 is 20.2. The van der Waals surface area contributed by atoms with Gasteiger partial charge in [0.1, 0.15) is 0 Å². The highest BCUT2D eigenvalue weighted by molar-refractivity contribution is 9.10. The Morgan fingerprint density at radius 3 is 2.50 bits per heavy atom. The molecule has 0 aromatic heterocycles. The summed E-state index contributed by atoms with van der Waals surface area (Å²) < 4.78 is 0.669. The van der Waals surface area contributed by atoms with Crippen LogP contribution in [0.4, 0.5) is 5.69 Å². The summed E-state index contributed by atoms with van der Waals surface area (Å²) in [5, 5.41) is 3.36. The zero-order chi connectivity index (χ0) is 13.5. The van der Waals surface area contributed by atoms with Crippen LogP contribution in [0.2, 0.25) is 10.0 Å². The SMILES string of the molecule is NC(=S)C1(C(=O)Nc2ccc(Br)c(Cl)c2Cl)CC1. The summed E-state index contributed by atoms with van der Waals surface area (Å²) in [4.78, 5) is 12.3.